The van der Waals surface area contributed by atoms with Crippen LogP contribution in [0.4, 0.5) is 5.69 Å². The average molecular weight is 353 g/mol. The molecule has 3 nitrogen and oxygen atoms in total. The number of hydrogen-bond donors (Lipinski definition) is 1. The molecule has 0 unspecified atom stereocenters. The van der Waals surface area contributed by atoms with Crippen LogP contribution in [-0.4, -0.2) is 34.3 Å². The van der Waals surface area contributed by atoms with E-state index in [1.54, 1.807) is 0 Å². The molecule has 0 aliphatic carbocycles. The number of aliphatic imine (C=N–C) groups is 1. The van der Waals surface area contributed by atoms with Gasteiger partial charge >= 0.3 is 0 Å². The molecule has 0 amide bonds. The van der Waals surface area contributed by atoms with E-state index in [9.17, 15) is 5.11 Å². The second-order valence-corrected chi connectivity index (χ2v) is 8.77. The van der Waals surface area contributed by atoms with Crippen LogP contribution in [0.15, 0.2) is 34.8 Å². The van der Waals surface area contributed by atoms with Crippen LogP contribution in [0.3, 0.4) is 0 Å². The van der Waals surface area contributed by atoms with Gasteiger partial charge in [-0.2, -0.15) is 0 Å². The fourth-order valence-electron chi connectivity index (χ4n) is 5.80. The Morgan fingerprint density at radius 2 is 2.19 bits per heavy atom. The third-order valence-corrected chi connectivity index (χ3v) is 7.45. The van der Waals surface area contributed by atoms with Crippen LogP contribution in [0.1, 0.15) is 58.1 Å². The molecule has 1 N–H and O–H groups in total. The first-order chi connectivity index (χ1) is 12.3. The van der Waals surface area contributed by atoms with E-state index < -0.39 is 5.60 Å². The summed E-state index contributed by atoms with van der Waals surface area (Å²) in [6.07, 6.45) is 5.29. The van der Waals surface area contributed by atoms with Crippen LogP contribution in [0.2, 0.25) is 0 Å². The molecule has 3 aliphatic rings. The monoisotopic (exact) mass is 352 g/mol. The van der Waals surface area contributed by atoms with E-state index in [4.69, 9.17) is 4.99 Å². The molecule has 2 saturated heterocycles. The molecule has 1 aromatic rings. The number of rotatable bonds is 2. The minimum atomic E-state index is -0.890. The molecule has 1 aromatic carbocycles. The average Bonchev–Trinajstić information content (AvgIpc) is 2.95. The summed E-state index contributed by atoms with van der Waals surface area (Å²) in [7, 11) is 0. The summed E-state index contributed by atoms with van der Waals surface area (Å²) in [6, 6.07) is 6.22. The van der Waals surface area contributed by atoms with Crippen LogP contribution in [0, 0.1) is 18.8 Å². The fourth-order valence-corrected chi connectivity index (χ4v) is 5.80. The Morgan fingerprint density at radius 1 is 1.42 bits per heavy atom. The van der Waals surface area contributed by atoms with Crippen LogP contribution >= 0.6 is 0 Å². The van der Waals surface area contributed by atoms with Crippen LogP contribution in [0.25, 0.3) is 0 Å². The summed E-state index contributed by atoms with van der Waals surface area (Å²) in [5.41, 5.74) is 4.60. The topological polar surface area (TPSA) is 35.8 Å². The molecule has 3 aliphatic heterocycles. The molecule has 26 heavy (non-hydrogen) atoms. The van der Waals surface area contributed by atoms with Crippen molar-refractivity contribution in [1.82, 2.24) is 4.90 Å². The van der Waals surface area contributed by atoms with Crippen molar-refractivity contribution >= 4 is 11.4 Å². The summed E-state index contributed by atoms with van der Waals surface area (Å²) in [5, 5.41) is 11.8. The second-order valence-electron chi connectivity index (χ2n) is 8.77. The molecule has 0 aromatic heterocycles. The van der Waals surface area contributed by atoms with Crippen molar-refractivity contribution in [2.75, 3.05) is 13.1 Å². The van der Waals surface area contributed by atoms with Gasteiger partial charge < -0.3 is 5.11 Å². The molecule has 4 atom stereocenters. The van der Waals surface area contributed by atoms with Crippen molar-refractivity contribution < 1.29 is 5.11 Å². The highest BCUT2D eigenvalue weighted by molar-refractivity contribution is 6.07. The molecule has 4 rings (SSSR count). The summed E-state index contributed by atoms with van der Waals surface area (Å²) < 4.78 is 0. The van der Waals surface area contributed by atoms with E-state index >= 15 is 0 Å². The highest BCUT2D eigenvalue weighted by Gasteiger charge is 2.58. The predicted molar refractivity (Wildman–Crippen MR) is 108 cm³/mol. The summed E-state index contributed by atoms with van der Waals surface area (Å²) in [5.74, 6) is 1.26. The van der Waals surface area contributed by atoms with Gasteiger partial charge in [-0.15, -0.1) is 0 Å². The van der Waals surface area contributed by atoms with Gasteiger partial charge in [0.15, 0.2) is 0 Å². The van der Waals surface area contributed by atoms with Gasteiger partial charge in [0.1, 0.15) is 5.60 Å². The van der Waals surface area contributed by atoms with Crippen molar-refractivity contribution in [3.8, 4) is 0 Å². The van der Waals surface area contributed by atoms with Gasteiger partial charge in [-0.3, -0.25) is 9.89 Å². The Labute approximate surface area is 157 Å². The van der Waals surface area contributed by atoms with E-state index in [1.165, 1.54) is 12.0 Å². The van der Waals surface area contributed by atoms with Crippen LogP contribution in [0.5, 0.6) is 0 Å². The largest absolute Gasteiger partial charge is 0.379 e. The SMILES string of the molecule is C/C=C(/C)[C@H]1C[C@@]2(C)C3=Nc4cccc(C)c4[C@@]3(O)CCN2C[C@H]1CC. The van der Waals surface area contributed by atoms with E-state index in [0.29, 0.717) is 11.8 Å². The molecule has 0 saturated carbocycles. The van der Waals surface area contributed by atoms with E-state index in [2.05, 4.69) is 63.8 Å². The predicted octanol–water partition coefficient (Wildman–Crippen LogP) is 4.75. The molecule has 3 heterocycles. The number of aryl methyl sites for hydroxylation is 1. The second kappa shape index (κ2) is 6.03. The smallest absolute Gasteiger partial charge is 0.133 e. The van der Waals surface area contributed by atoms with Gasteiger partial charge in [-0.1, -0.05) is 37.1 Å². The van der Waals surface area contributed by atoms with Crippen molar-refractivity contribution in [3.63, 3.8) is 0 Å². The Kier molecular flexibility index (Phi) is 4.16. The Balaban J connectivity index is 1.80. The van der Waals surface area contributed by atoms with Gasteiger partial charge in [0.05, 0.1) is 16.9 Å². The standard InChI is InChI=1S/C23H32N2O/c1-6-15(3)18-13-22(5)21-23(26,11-12-25(22)14-17(18)7-2)20-16(4)9-8-10-19(20)24-21/h6,8-10,17-18,26H,7,11-14H2,1-5H3/b15-6-/t17-,18-,22+,23+/m1/s1. The lowest BCUT2D eigenvalue weighted by atomic mass is 9.64. The van der Waals surface area contributed by atoms with Gasteiger partial charge in [0.2, 0.25) is 0 Å². The summed E-state index contributed by atoms with van der Waals surface area (Å²) in [6.45, 7) is 13.2. The third kappa shape index (κ3) is 2.30. The zero-order chi connectivity index (χ0) is 18.7. The first-order valence-electron chi connectivity index (χ1n) is 10.1. The highest BCUT2D eigenvalue weighted by Crippen LogP contribution is 2.53. The maximum atomic E-state index is 11.8. The summed E-state index contributed by atoms with van der Waals surface area (Å²) in [4.78, 5) is 7.64. The fraction of sp³-hybridized carbons (Fsp3) is 0.609. The third-order valence-electron chi connectivity index (χ3n) is 7.45. The maximum Gasteiger partial charge on any atom is 0.133 e. The molecule has 0 radical (unpaired) electrons. The van der Waals surface area contributed by atoms with Gasteiger partial charge in [0.25, 0.3) is 0 Å². The highest BCUT2D eigenvalue weighted by atomic mass is 16.3. The number of piperidine rings is 2. The number of hydrogen-bond acceptors (Lipinski definition) is 3. The normalized spacial score (nSPS) is 37.0. The van der Waals surface area contributed by atoms with Gasteiger partial charge in [-0.25, -0.2) is 0 Å². The number of benzene rings is 1. The van der Waals surface area contributed by atoms with E-state index in [0.717, 1.165) is 48.5 Å². The number of nitrogens with zero attached hydrogens (tertiary/aromatic N) is 2. The summed E-state index contributed by atoms with van der Waals surface area (Å²) >= 11 is 0. The molecular formula is C23H32N2O. The maximum absolute atomic E-state index is 11.8. The van der Waals surface area contributed by atoms with Crippen molar-refractivity contribution in [3.05, 3.63) is 41.0 Å². The molecule has 2 fully saturated rings. The van der Waals surface area contributed by atoms with Crippen molar-refractivity contribution in [1.29, 1.82) is 0 Å². The van der Waals surface area contributed by atoms with E-state index in [1.807, 2.05) is 0 Å². The lowest BCUT2D eigenvalue weighted by Gasteiger charge is -2.57. The van der Waals surface area contributed by atoms with Crippen molar-refractivity contribution in [2.45, 2.75) is 65.0 Å². The first-order valence-corrected chi connectivity index (χ1v) is 10.1. The van der Waals surface area contributed by atoms with Crippen molar-refractivity contribution in [2.24, 2.45) is 16.8 Å². The molecule has 0 spiro atoms. The molecule has 140 valence electrons. The lowest BCUT2D eigenvalue weighted by molar-refractivity contribution is -0.0191. The first kappa shape index (κ1) is 17.9. The van der Waals surface area contributed by atoms with Crippen LogP contribution < -0.4 is 0 Å². The molecule has 3 heteroatoms. The minimum Gasteiger partial charge on any atom is -0.379 e. The van der Waals surface area contributed by atoms with Gasteiger partial charge in [-0.05, 0) is 64.0 Å². The minimum absolute atomic E-state index is 0.168. The quantitative estimate of drug-likeness (QED) is 0.780. The molecule has 0 bridgehead atoms. The zero-order valence-electron chi connectivity index (χ0n) is 16.8. The number of aliphatic hydroxyl groups is 1. The number of allylic oxidation sites excluding steroid dienone is 2. The zero-order valence-corrected chi connectivity index (χ0v) is 16.8. The van der Waals surface area contributed by atoms with Gasteiger partial charge in [0, 0.05) is 18.7 Å². The van der Waals surface area contributed by atoms with Crippen LogP contribution in [-0.2, 0) is 5.60 Å². The Bertz CT molecular complexity index is 795. The molecular weight excluding hydrogens is 320 g/mol. The van der Waals surface area contributed by atoms with E-state index in [-0.39, 0.29) is 5.54 Å². The Morgan fingerprint density at radius 3 is 2.88 bits per heavy atom. The number of fused-ring (bicyclic) bond motifs is 5. The lowest BCUT2D eigenvalue weighted by Crippen LogP contribution is -2.67. The Hall–Kier alpha value is -1.45.